The van der Waals surface area contributed by atoms with Crippen molar-refractivity contribution in [3.8, 4) is 67.6 Å². The molecule has 0 fully saturated rings. The van der Waals surface area contributed by atoms with Crippen molar-refractivity contribution >= 4 is 98.1 Å². The number of nitrogens with zero attached hydrogens (tertiary/aromatic N) is 6. The first-order chi connectivity index (χ1) is 42.6. The van der Waals surface area contributed by atoms with E-state index >= 15 is 0 Å². The first-order valence-corrected chi connectivity index (χ1v) is 29.4. The molecule has 13 aromatic carbocycles. The van der Waals surface area contributed by atoms with Crippen LogP contribution in [0.5, 0.6) is 0 Å². The summed E-state index contributed by atoms with van der Waals surface area (Å²) in [6.45, 7) is 0. The SMILES string of the molecule is c1ccc(-c2nc(-c3cc(-n4c5ccccc5c5cc(-c6ccc7c(c6)c6ccccc6n7-c6ccccc6)ccc54)cc(-n4c5ccccc5c5cc(-c6ccc7c(c6)c6ccccc6n7-c6ccccc6)ccc54)c3)nc3ccccc23)cc1. The summed E-state index contributed by atoms with van der Waals surface area (Å²) in [5, 5.41) is 10.7. The number of para-hydroxylation sites is 7. The van der Waals surface area contributed by atoms with Crippen LogP contribution in [-0.2, 0) is 0 Å². The number of hydrogen-bond donors (Lipinski definition) is 0. The highest BCUT2D eigenvalue weighted by Gasteiger charge is 2.22. The molecule has 0 saturated heterocycles. The van der Waals surface area contributed by atoms with E-state index in [0.717, 1.165) is 83.7 Å². The van der Waals surface area contributed by atoms with Gasteiger partial charge < -0.3 is 18.3 Å². The van der Waals surface area contributed by atoms with Crippen LogP contribution in [0, 0.1) is 0 Å². The minimum Gasteiger partial charge on any atom is -0.309 e. The van der Waals surface area contributed by atoms with E-state index in [2.05, 4.69) is 322 Å². The molecule has 0 amide bonds. The van der Waals surface area contributed by atoms with Gasteiger partial charge in [0.1, 0.15) is 0 Å². The fourth-order valence-corrected chi connectivity index (χ4v) is 13.9. The van der Waals surface area contributed by atoms with Crippen molar-refractivity contribution in [2.75, 3.05) is 0 Å². The van der Waals surface area contributed by atoms with Crippen molar-refractivity contribution in [1.29, 1.82) is 0 Å². The minimum absolute atomic E-state index is 0.657. The van der Waals surface area contributed by atoms with Crippen LogP contribution in [0.4, 0.5) is 0 Å². The fourth-order valence-electron chi connectivity index (χ4n) is 13.9. The van der Waals surface area contributed by atoms with E-state index in [1.807, 2.05) is 0 Å². The molecule has 86 heavy (non-hydrogen) atoms. The molecule has 0 unspecified atom stereocenters. The largest absolute Gasteiger partial charge is 0.309 e. The highest BCUT2D eigenvalue weighted by atomic mass is 15.0. The molecule has 0 N–H and O–H groups in total. The van der Waals surface area contributed by atoms with Crippen LogP contribution in [0.3, 0.4) is 0 Å². The van der Waals surface area contributed by atoms with Gasteiger partial charge in [-0.3, -0.25) is 0 Å². The maximum atomic E-state index is 5.51. The molecule has 6 heteroatoms. The van der Waals surface area contributed by atoms with Gasteiger partial charge in [-0.2, -0.15) is 0 Å². The number of rotatable bonds is 8. The van der Waals surface area contributed by atoms with Crippen LogP contribution in [0.1, 0.15) is 0 Å². The summed E-state index contributed by atoms with van der Waals surface area (Å²) < 4.78 is 9.63. The van der Waals surface area contributed by atoms with Crippen LogP contribution in [0.2, 0.25) is 0 Å². The zero-order chi connectivity index (χ0) is 56.4. The van der Waals surface area contributed by atoms with Gasteiger partial charge in [-0.05, 0) is 144 Å². The Kier molecular flexibility index (Phi) is 10.6. The summed E-state index contributed by atoms with van der Waals surface area (Å²) in [6, 6.07) is 110. The molecular weight excluding hydrogens is 1040 g/mol. The van der Waals surface area contributed by atoms with Gasteiger partial charge in [-0.1, -0.05) is 182 Å². The summed E-state index contributed by atoms with van der Waals surface area (Å²) in [7, 11) is 0. The molecule has 18 rings (SSSR count). The van der Waals surface area contributed by atoms with Gasteiger partial charge in [-0.25, -0.2) is 9.97 Å². The third-order valence-electron chi connectivity index (χ3n) is 17.7. The van der Waals surface area contributed by atoms with E-state index in [1.54, 1.807) is 0 Å². The van der Waals surface area contributed by atoms with E-state index in [4.69, 9.17) is 9.97 Å². The first kappa shape index (κ1) is 48.0. The Balaban J connectivity index is 0.839. The third kappa shape index (κ3) is 7.40. The van der Waals surface area contributed by atoms with Gasteiger partial charge in [0, 0.05) is 82.4 Å². The molecule has 0 aliphatic heterocycles. The Hall–Kier alpha value is -11.6. The molecule has 0 spiro atoms. The number of fused-ring (bicyclic) bond motifs is 13. The van der Waals surface area contributed by atoms with E-state index in [-0.39, 0.29) is 0 Å². The molecule has 18 aromatic rings. The normalized spacial score (nSPS) is 12.0. The molecule has 0 radical (unpaired) electrons. The maximum absolute atomic E-state index is 5.51. The second-order valence-electron chi connectivity index (χ2n) is 22.5. The Morgan fingerprint density at radius 3 is 0.895 bits per heavy atom. The second kappa shape index (κ2) is 19.0. The average molecular weight is 1100 g/mol. The van der Waals surface area contributed by atoms with E-state index in [0.29, 0.717) is 5.82 Å². The monoisotopic (exact) mass is 1090 g/mol. The zero-order valence-corrected chi connectivity index (χ0v) is 46.6. The standard InChI is InChI=1S/C80H50N6/c1-4-20-51(21-5-1)79-65-30-10-15-31-70(65)81-80(82-79)56-44-59(85-73-34-18-13-28-63(73)68-48-54(38-42-77(68)85)52-36-40-75-66(46-52)61-26-11-16-32-71(61)83(75)57-22-6-2-7-23-57)50-60(45-56)86-74-35-19-14-29-64(74)69-49-55(39-43-78(69)86)53-37-41-76-67(47-53)62-27-12-17-33-72(62)84(76)58-24-8-3-9-25-58/h1-50H. The lowest BCUT2D eigenvalue weighted by molar-refractivity contribution is 1.13. The fraction of sp³-hybridized carbons (Fsp3) is 0. The smallest absolute Gasteiger partial charge is 0.160 e. The van der Waals surface area contributed by atoms with Crippen molar-refractivity contribution in [3.63, 3.8) is 0 Å². The molecule has 5 aromatic heterocycles. The van der Waals surface area contributed by atoms with Gasteiger partial charge >= 0.3 is 0 Å². The minimum atomic E-state index is 0.657. The summed E-state index contributed by atoms with van der Waals surface area (Å²) in [5.74, 6) is 0.657. The quantitative estimate of drug-likeness (QED) is 0.152. The van der Waals surface area contributed by atoms with Crippen molar-refractivity contribution in [2.24, 2.45) is 0 Å². The summed E-state index contributed by atoms with van der Waals surface area (Å²) >= 11 is 0. The summed E-state index contributed by atoms with van der Waals surface area (Å²) in [6.07, 6.45) is 0. The lowest BCUT2D eigenvalue weighted by atomic mass is 10.0. The van der Waals surface area contributed by atoms with Crippen LogP contribution < -0.4 is 0 Å². The van der Waals surface area contributed by atoms with Crippen molar-refractivity contribution in [1.82, 2.24) is 28.2 Å². The number of hydrogen-bond acceptors (Lipinski definition) is 2. The van der Waals surface area contributed by atoms with Gasteiger partial charge in [0.25, 0.3) is 0 Å². The van der Waals surface area contributed by atoms with E-state index in [9.17, 15) is 0 Å². The molecule has 6 nitrogen and oxygen atoms in total. The summed E-state index contributed by atoms with van der Waals surface area (Å²) in [4.78, 5) is 10.9. The van der Waals surface area contributed by atoms with Crippen molar-refractivity contribution < 1.29 is 0 Å². The van der Waals surface area contributed by atoms with Crippen LogP contribution >= 0.6 is 0 Å². The lowest BCUT2D eigenvalue weighted by Crippen LogP contribution is -2.02. The molecule has 0 bridgehead atoms. The van der Waals surface area contributed by atoms with Crippen molar-refractivity contribution in [3.05, 3.63) is 303 Å². The average Bonchev–Trinajstić information content (AvgIpc) is 2.42. The Bertz CT molecular complexity index is 5470. The van der Waals surface area contributed by atoms with Crippen LogP contribution in [0.15, 0.2) is 303 Å². The second-order valence-corrected chi connectivity index (χ2v) is 22.5. The molecular formula is C80H50N6. The molecule has 5 heterocycles. The van der Waals surface area contributed by atoms with E-state index < -0.39 is 0 Å². The zero-order valence-electron chi connectivity index (χ0n) is 46.6. The number of aromatic nitrogens is 6. The molecule has 400 valence electrons. The van der Waals surface area contributed by atoms with Gasteiger partial charge in [0.2, 0.25) is 0 Å². The number of benzene rings is 13. The highest BCUT2D eigenvalue weighted by molar-refractivity contribution is 6.15. The van der Waals surface area contributed by atoms with Gasteiger partial charge in [0.05, 0.1) is 55.3 Å². The van der Waals surface area contributed by atoms with Gasteiger partial charge in [0.15, 0.2) is 5.82 Å². The lowest BCUT2D eigenvalue weighted by Gasteiger charge is -2.16. The Morgan fingerprint density at radius 2 is 0.500 bits per heavy atom. The molecule has 0 atom stereocenters. The summed E-state index contributed by atoms with van der Waals surface area (Å²) in [5.41, 5.74) is 21.9. The Labute approximate surface area is 494 Å². The van der Waals surface area contributed by atoms with Gasteiger partial charge in [-0.15, -0.1) is 0 Å². The van der Waals surface area contributed by atoms with E-state index in [1.165, 1.54) is 76.3 Å². The molecule has 0 aliphatic carbocycles. The van der Waals surface area contributed by atoms with Crippen LogP contribution in [0.25, 0.3) is 166 Å². The third-order valence-corrected chi connectivity index (χ3v) is 17.7. The molecule has 0 aliphatic rings. The predicted molar refractivity (Wildman–Crippen MR) is 359 cm³/mol. The maximum Gasteiger partial charge on any atom is 0.160 e. The first-order valence-electron chi connectivity index (χ1n) is 29.4. The topological polar surface area (TPSA) is 45.5 Å². The molecule has 0 saturated carbocycles. The predicted octanol–water partition coefficient (Wildman–Crippen LogP) is 20.7. The van der Waals surface area contributed by atoms with Crippen LogP contribution in [-0.4, -0.2) is 28.2 Å². The highest BCUT2D eigenvalue weighted by Crippen LogP contribution is 2.43. The Morgan fingerprint density at radius 1 is 0.186 bits per heavy atom. The van der Waals surface area contributed by atoms with Crippen molar-refractivity contribution in [2.45, 2.75) is 0 Å².